The molecule has 0 unspecified atom stereocenters. The van der Waals surface area contributed by atoms with Crippen LogP contribution in [0.15, 0.2) is 24.3 Å². The van der Waals surface area contributed by atoms with Crippen molar-refractivity contribution in [3.05, 3.63) is 24.3 Å². The summed E-state index contributed by atoms with van der Waals surface area (Å²) >= 11 is 0. The van der Waals surface area contributed by atoms with Crippen LogP contribution in [0.4, 0.5) is 0 Å². The minimum absolute atomic E-state index is 0.0241. The Labute approximate surface area is 135 Å². The number of hydrogen-bond donors (Lipinski definition) is 1. The number of piperidine rings is 1. The lowest BCUT2D eigenvalue weighted by atomic mass is 10.0. The van der Waals surface area contributed by atoms with E-state index in [0.717, 1.165) is 12.8 Å². The first-order chi connectivity index (χ1) is 11.0. The molecular formula is C17H22N2O4. The van der Waals surface area contributed by atoms with Gasteiger partial charge in [-0.3, -0.25) is 9.59 Å². The molecule has 2 amide bonds. The third-order valence-electron chi connectivity index (χ3n) is 4.30. The summed E-state index contributed by atoms with van der Waals surface area (Å²) in [5, 5.41) is 2.91. The van der Waals surface area contributed by atoms with Gasteiger partial charge in [-0.25, -0.2) is 0 Å². The Morgan fingerprint density at radius 1 is 1.13 bits per heavy atom. The van der Waals surface area contributed by atoms with Crippen LogP contribution in [0.2, 0.25) is 0 Å². The summed E-state index contributed by atoms with van der Waals surface area (Å²) in [5.74, 6) is 1.21. The van der Waals surface area contributed by atoms with E-state index in [0.29, 0.717) is 24.6 Å². The molecule has 0 radical (unpaired) electrons. The van der Waals surface area contributed by atoms with Gasteiger partial charge in [0.15, 0.2) is 11.5 Å². The Hall–Kier alpha value is -2.24. The summed E-state index contributed by atoms with van der Waals surface area (Å²) in [7, 11) is 0. The fraction of sp³-hybridized carbons (Fsp3) is 0.529. The highest BCUT2D eigenvalue weighted by atomic mass is 16.6. The van der Waals surface area contributed by atoms with Crippen LogP contribution in [0.3, 0.4) is 0 Å². The van der Waals surface area contributed by atoms with Gasteiger partial charge in [-0.05, 0) is 31.9 Å². The number of para-hydroxylation sites is 2. The zero-order valence-electron chi connectivity index (χ0n) is 13.5. The largest absolute Gasteiger partial charge is 0.482 e. The number of ether oxygens (including phenoxy) is 2. The van der Waals surface area contributed by atoms with Gasteiger partial charge in [0.05, 0.1) is 0 Å². The predicted octanol–water partition coefficient (Wildman–Crippen LogP) is 1.34. The van der Waals surface area contributed by atoms with Gasteiger partial charge in [0.25, 0.3) is 5.91 Å². The van der Waals surface area contributed by atoms with Crippen LogP contribution in [0.1, 0.15) is 26.7 Å². The number of carbonyl (C=O) groups excluding carboxylic acids is 2. The van der Waals surface area contributed by atoms with Crippen molar-refractivity contribution in [2.75, 3.05) is 13.1 Å². The highest BCUT2D eigenvalue weighted by Gasteiger charge is 2.37. The molecule has 1 fully saturated rings. The number of carbonyl (C=O) groups is 2. The average Bonchev–Trinajstić information content (AvgIpc) is 2.54. The second kappa shape index (κ2) is 6.48. The summed E-state index contributed by atoms with van der Waals surface area (Å²) in [4.78, 5) is 25.6. The molecule has 0 bridgehead atoms. The Balaban J connectivity index is 1.62. The molecule has 6 nitrogen and oxygen atoms in total. The van der Waals surface area contributed by atoms with Gasteiger partial charge in [0, 0.05) is 26.1 Å². The lowest BCUT2D eigenvalue weighted by Gasteiger charge is -2.37. The predicted molar refractivity (Wildman–Crippen MR) is 84.4 cm³/mol. The summed E-state index contributed by atoms with van der Waals surface area (Å²) in [6.45, 7) is 4.61. The zero-order chi connectivity index (χ0) is 16.4. The summed E-state index contributed by atoms with van der Waals surface area (Å²) < 4.78 is 11.7. The molecule has 0 aromatic heterocycles. The van der Waals surface area contributed by atoms with Crippen LogP contribution >= 0.6 is 0 Å². The first kappa shape index (κ1) is 15.6. The maximum Gasteiger partial charge on any atom is 0.267 e. The maximum absolute atomic E-state index is 12.7. The molecular weight excluding hydrogens is 296 g/mol. The van der Waals surface area contributed by atoms with Crippen molar-refractivity contribution in [2.24, 2.45) is 0 Å². The topological polar surface area (TPSA) is 67.9 Å². The molecule has 1 aromatic carbocycles. The second-order valence-electron chi connectivity index (χ2n) is 6.11. The molecule has 23 heavy (non-hydrogen) atoms. The van der Waals surface area contributed by atoms with E-state index < -0.39 is 6.10 Å². The third kappa shape index (κ3) is 3.41. The number of nitrogens with one attached hydrogen (secondary N) is 1. The number of nitrogens with zero attached hydrogens (tertiary/aromatic N) is 1. The van der Waals surface area contributed by atoms with Crippen molar-refractivity contribution in [2.45, 2.75) is 44.9 Å². The van der Waals surface area contributed by atoms with Crippen molar-refractivity contribution in [3.8, 4) is 11.5 Å². The normalized spacial score (nSPS) is 24.2. The second-order valence-corrected chi connectivity index (χ2v) is 6.11. The molecule has 1 aromatic rings. The monoisotopic (exact) mass is 318 g/mol. The highest BCUT2D eigenvalue weighted by molar-refractivity contribution is 5.82. The smallest absolute Gasteiger partial charge is 0.267 e. The number of rotatable bonds is 2. The quantitative estimate of drug-likeness (QED) is 0.893. The van der Waals surface area contributed by atoms with Gasteiger partial charge < -0.3 is 19.7 Å². The van der Waals surface area contributed by atoms with E-state index in [4.69, 9.17) is 9.47 Å². The van der Waals surface area contributed by atoms with Crippen molar-refractivity contribution < 1.29 is 19.1 Å². The van der Waals surface area contributed by atoms with E-state index >= 15 is 0 Å². The van der Waals surface area contributed by atoms with Gasteiger partial charge in [-0.15, -0.1) is 0 Å². The van der Waals surface area contributed by atoms with E-state index in [-0.39, 0.29) is 24.0 Å². The molecule has 124 valence electrons. The molecule has 0 aliphatic carbocycles. The summed E-state index contributed by atoms with van der Waals surface area (Å²) in [6.07, 6.45) is 0.584. The molecule has 2 heterocycles. The van der Waals surface area contributed by atoms with Crippen molar-refractivity contribution in [1.29, 1.82) is 0 Å². The highest BCUT2D eigenvalue weighted by Crippen LogP contribution is 2.34. The number of hydrogen-bond acceptors (Lipinski definition) is 4. The fourth-order valence-corrected chi connectivity index (χ4v) is 3.10. The van der Waals surface area contributed by atoms with E-state index in [1.807, 2.05) is 31.2 Å². The van der Waals surface area contributed by atoms with Crippen LogP contribution in [-0.2, 0) is 9.59 Å². The fourth-order valence-electron chi connectivity index (χ4n) is 3.10. The average molecular weight is 318 g/mol. The number of fused-ring (bicyclic) bond motifs is 1. The van der Waals surface area contributed by atoms with E-state index in [2.05, 4.69) is 5.32 Å². The molecule has 2 aliphatic heterocycles. The number of amides is 2. The van der Waals surface area contributed by atoms with Gasteiger partial charge >= 0.3 is 0 Å². The summed E-state index contributed by atoms with van der Waals surface area (Å²) in [5.41, 5.74) is 0. The van der Waals surface area contributed by atoms with E-state index in [1.165, 1.54) is 6.92 Å². The number of likely N-dealkylation sites (tertiary alicyclic amines) is 1. The minimum Gasteiger partial charge on any atom is -0.482 e. The minimum atomic E-state index is -0.623. The van der Waals surface area contributed by atoms with Gasteiger partial charge in [0.2, 0.25) is 12.0 Å². The van der Waals surface area contributed by atoms with Crippen LogP contribution in [0.5, 0.6) is 11.5 Å². The molecule has 0 saturated carbocycles. The molecule has 3 rings (SSSR count). The van der Waals surface area contributed by atoms with Crippen LogP contribution in [0, 0.1) is 0 Å². The Kier molecular flexibility index (Phi) is 4.41. The van der Waals surface area contributed by atoms with E-state index in [9.17, 15) is 9.59 Å². The van der Waals surface area contributed by atoms with Crippen molar-refractivity contribution in [1.82, 2.24) is 10.2 Å². The lowest BCUT2D eigenvalue weighted by molar-refractivity contribution is -0.145. The van der Waals surface area contributed by atoms with E-state index in [1.54, 1.807) is 4.90 Å². The lowest BCUT2D eigenvalue weighted by Crippen LogP contribution is -2.54. The van der Waals surface area contributed by atoms with Gasteiger partial charge in [0.1, 0.15) is 6.10 Å². The SMILES string of the molecule is CC(=O)NC1CCN(C(=O)[C@H]2Oc3ccccc3O[C@H]2C)CC1. The third-order valence-corrected chi connectivity index (χ3v) is 4.30. The Morgan fingerprint density at radius 2 is 1.74 bits per heavy atom. The Morgan fingerprint density at radius 3 is 2.35 bits per heavy atom. The van der Waals surface area contributed by atoms with Gasteiger partial charge in [-0.1, -0.05) is 12.1 Å². The first-order valence-electron chi connectivity index (χ1n) is 8.03. The van der Waals surface area contributed by atoms with Crippen LogP contribution in [-0.4, -0.2) is 48.1 Å². The zero-order valence-corrected chi connectivity index (χ0v) is 13.5. The molecule has 2 atom stereocenters. The van der Waals surface area contributed by atoms with Gasteiger partial charge in [-0.2, -0.15) is 0 Å². The first-order valence-corrected chi connectivity index (χ1v) is 8.03. The molecule has 2 aliphatic rings. The number of benzene rings is 1. The Bertz CT molecular complexity index is 596. The molecule has 0 spiro atoms. The van der Waals surface area contributed by atoms with Crippen LogP contribution < -0.4 is 14.8 Å². The molecule has 1 saturated heterocycles. The summed E-state index contributed by atoms with van der Waals surface area (Å²) in [6, 6.07) is 7.54. The molecule has 1 N–H and O–H groups in total. The maximum atomic E-state index is 12.7. The van der Waals surface area contributed by atoms with Crippen molar-refractivity contribution >= 4 is 11.8 Å². The molecule has 6 heteroatoms. The van der Waals surface area contributed by atoms with Crippen molar-refractivity contribution in [3.63, 3.8) is 0 Å². The standard InChI is InChI=1S/C17H22N2O4/c1-11-16(23-15-6-4-3-5-14(15)22-11)17(21)19-9-7-13(8-10-19)18-12(2)20/h3-6,11,13,16H,7-10H2,1-2H3,(H,18,20)/t11-,16-/m0/s1. The van der Waals surface area contributed by atoms with Crippen LogP contribution in [0.25, 0.3) is 0 Å².